The molecule has 1 N–H and O–H groups in total. The second-order valence-corrected chi connectivity index (χ2v) is 4.32. The van der Waals surface area contributed by atoms with Crippen LogP contribution in [0.15, 0.2) is 5.16 Å². The van der Waals surface area contributed by atoms with Crippen LogP contribution in [0.4, 0.5) is 0 Å². The summed E-state index contributed by atoms with van der Waals surface area (Å²) in [5.41, 5.74) is -0.212. The van der Waals surface area contributed by atoms with Gasteiger partial charge in [0.25, 0.3) is 0 Å². The van der Waals surface area contributed by atoms with Crippen LogP contribution in [-0.2, 0) is 0 Å². The highest BCUT2D eigenvalue weighted by Gasteiger charge is 2.36. The van der Waals surface area contributed by atoms with E-state index in [1.807, 2.05) is 18.9 Å². The van der Waals surface area contributed by atoms with E-state index in [-0.39, 0.29) is 5.54 Å². The number of nitrogens with zero attached hydrogens (tertiary/aromatic N) is 2. The first-order valence-electron chi connectivity index (χ1n) is 3.19. The summed E-state index contributed by atoms with van der Waals surface area (Å²) in [5.74, 6) is 0.854. The third-order valence-electron chi connectivity index (χ3n) is 1.86. The molecule has 1 fully saturated rings. The molecule has 62 valence electrons. The standard InChI is InChI=1S/C6H10N2OS2/c1-6(3-7-9)4-11-5(10)8(6)2/h3,9H,4H2,1-2H3/t6-/m1/s1. The van der Waals surface area contributed by atoms with Gasteiger partial charge in [-0.1, -0.05) is 29.1 Å². The lowest BCUT2D eigenvalue weighted by molar-refractivity contribution is 0.305. The van der Waals surface area contributed by atoms with Crippen molar-refractivity contribution in [2.24, 2.45) is 5.16 Å². The Kier molecular flexibility index (Phi) is 2.39. The molecular formula is C6H10N2OS2. The van der Waals surface area contributed by atoms with E-state index >= 15 is 0 Å². The second kappa shape index (κ2) is 2.98. The summed E-state index contributed by atoms with van der Waals surface area (Å²) in [6.07, 6.45) is 1.51. The molecule has 1 aliphatic heterocycles. The molecule has 11 heavy (non-hydrogen) atoms. The van der Waals surface area contributed by atoms with Crippen molar-refractivity contribution in [3.63, 3.8) is 0 Å². The first kappa shape index (κ1) is 8.80. The average Bonchev–Trinajstić information content (AvgIpc) is 2.19. The fraction of sp³-hybridized carbons (Fsp3) is 0.667. The Morgan fingerprint density at radius 2 is 2.55 bits per heavy atom. The zero-order valence-electron chi connectivity index (χ0n) is 6.44. The first-order valence-corrected chi connectivity index (χ1v) is 4.59. The predicted molar refractivity (Wildman–Crippen MR) is 51.5 cm³/mol. The summed E-state index contributed by atoms with van der Waals surface area (Å²) < 4.78 is 0.854. The monoisotopic (exact) mass is 190 g/mol. The zero-order valence-corrected chi connectivity index (χ0v) is 8.08. The van der Waals surface area contributed by atoms with Gasteiger partial charge in [0, 0.05) is 12.8 Å². The summed E-state index contributed by atoms with van der Waals surface area (Å²) in [6, 6.07) is 0. The third kappa shape index (κ3) is 1.49. The highest BCUT2D eigenvalue weighted by molar-refractivity contribution is 8.23. The quantitative estimate of drug-likeness (QED) is 0.291. The Bertz CT molecular complexity index is 207. The minimum Gasteiger partial charge on any atom is -0.411 e. The van der Waals surface area contributed by atoms with Crippen molar-refractivity contribution in [3.05, 3.63) is 0 Å². The van der Waals surface area contributed by atoms with Crippen LogP contribution in [0.3, 0.4) is 0 Å². The molecule has 0 aromatic heterocycles. The van der Waals surface area contributed by atoms with Crippen molar-refractivity contribution < 1.29 is 5.21 Å². The molecule has 0 spiro atoms. The lowest BCUT2D eigenvalue weighted by Crippen LogP contribution is -2.43. The molecule has 0 saturated carbocycles. The molecule has 1 atom stereocenters. The number of rotatable bonds is 1. The molecule has 0 bridgehead atoms. The largest absolute Gasteiger partial charge is 0.411 e. The number of hydrogen-bond donors (Lipinski definition) is 1. The smallest absolute Gasteiger partial charge is 0.136 e. The van der Waals surface area contributed by atoms with E-state index < -0.39 is 0 Å². The molecule has 3 nitrogen and oxygen atoms in total. The number of hydrogen-bond acceptors (Lipinski definition) is 4. The SMILES string of the molecule is CN1C(=S)SC[C@@]1(C)C=NO. The van der Waals surface area contributed by atoms with Gasteiger partial charge in [0.1, 0.15) is 4.32 Å². The highest BCUT2D eigenvalue weighted by atomic mass is 32.2. The Morgan fingerprint density at radius 1 is 1.91 bits per heavy atom. The van der Waals surface area contributed by atoms with E-state index in [0.29, 0.717) is 0 Å². The van der Waals surface area contributed by atoms with Crippen LogP contribution < -0.4 is 0 Å². The van der Waals surface area contributed by atoms with Gasteiger partial charge in [0.2, 0.25) is 0 Å². The van der Waals surface area contributed by atoms with Crippen molar-refractivity contribution >= 4 is 34.5 Å². The number of thiocarbonyl (C=S) groups is 1. The maximum atomic E-state index is 8.39. The first-order chi connectivity index (χ1) is 5.10. The molecule has 0 amide bonds. The van der Waals surface area contributed by atoms with Gasteiger partial charge in [0.15, 0.2) is 0 Å². The highest BCUT2D eigenvalue weighted by Crippen LogP contribution is 2.29. The molecule has 0 aromatic rings. The van der Waals surface area contributed by atoms with Gasteiger partial charge in [-0.3, -0.25) is 0 Å². The second-order valence-electron chi connectivity index (χ2n) is 2.72. The molecular weight excluding hydrogens is 180 g/mol. The van der Waals surface area contributed by atoms with Crippen molar-refractivity contribution in [2.45, 2.75) is 12.5 Å². The van der Waals surface area contributed by atoms with Crippen molar-refractivity contribution in [3.8, 4) is 0 Å². The Balaban J connectivity index is 2.80. The molecule has 1 heterocycles. The van der Waals surface area contributed by atoms with E-state index in [9.17, 15) is 0 Å². The number of thioether (sulfide) groups is 1. The Hall–Kier alpha value is -0.290. The van der Waals surface area contributed by atoms with Crippen molar-refractivity contribution in [2.75, 3.05) is 12.8 Å². The van der Waals surface area contributed by atoms with E-state index in [0.717, 1.165) is 10.1 Å². The lowest BCUT2D eigenvalue weighted by atomic mass is 10.1. The normalized spacial score (nSPS) is 32.2. The van der Waals surface area contributed by atoms with Gasteiger partial charge in [-0.25, -0.2) is 0 Å². The molecule has 1 saturated heterocycles. The average molecular weight is 190 g/mol. The van der Waals surface area contributed by atoms with Gasteiger partial charge < -0.3 is 10.1 Å². The van der Waals surface area contributed by atoms with Crippen LogP contribution in [0.25, 0.3) is 0 Å². The minimum atomic E-state index is -0.212. The summed E-state index contributed by atoms with van der Waals surface area (Å²) in [5, 5.41) is 11.4. The van der Waals surface area contributed by atoms with E-state index in [2.05, 4.69) is 5.16 Å². The van der Waals surface area contributed by atoms with E-state index in [4.69, 9.17) is 17.4 Å². The molecule has 0 aromatic carbocycles. The van der Waals surface area contributed by atoms with E-state index in [1.54, 1.807) is 11.8 Å². The van der Waals surface area contributed by atoms with Crippen LogP contribution in [-0.4, -0.2) is 39.0 Å². The Labute approximate surface area is 75.4 Å². The molecule has 0 aliphatic carbocycles. The Morgan fingerprint density at radius 3 is 2.91 bits per heavy atom. The van der Waals surface area contributed by atoms with E-state index in [1.165, 1.54) is 6.21 Å². The zero-order chi connectivity index (χ0) is 8.48. The van der Waals surface area contributed by atoms with Gasteiger partial charge >= 0.3 is 0 Å². The molecule has 5 heteroatoms. The summed E-state index contributed by atoms with van der Waals surface area (Å²) >= 11 is 6.66. The van der Waals surface area contributed by atoms with Crippen molar-refractivity contribution in [1.29, 1.82) is 0 Å². The van der Waals surface area contributed by atoms with Gasteiger partial charge in [-0.05, 0) is 6.92 Å². The maximum Gasteiger partial charge on any atom is 0.136 e. The summed E-state index contributed by atoms with van der Waals surface area (Å²) in [7, 11) is 1.91. The van der Waals surface area contributed by atoms with Gasteiger partial charge in [0.05, 0.1) is 11.8 Å². The van der Waals surface area contributed by atoms with Gasteiger partial charge in [-0.2, -0.15) is 0 Å². The van der Waals surface area contributed by atoms with Crippen LogP contribution in [0.2, 0.25) is 0 Å². The fourth-order valence-corrected chi connectivity index (χ4v) is 2.33. The third-order valence-corrected chi connectivity index (χ3v) is 3.74. The van der Waals surface area contributed by atoms with Crippen LogP contribution in [0.1, 0.15) is 6.92 Å². The van der Waals surface area contributed by atoms with Crippen LogP contribution in [0.5, 0.6) is 0 Å². The summed E-state index contributed by atoms with van der Waals surface area (Å²) in [6.45, 7) is 1.99. The topological polar surface area (TPSA) is 35.8 Å². The fourth-order valence-electron chi connectivity index (χ4n) is 0.858. The molecule has 1 rings (SSSR count). The molecule has 0 radical (unpaired) electrons. The lowest BCUT2D eigenvalue weighted by Gasteiger charge is -2.27. The van der Waals surface area contributed by atoms with Crippen LogP contribution in [0, 0.1) is 0 Å². The molecule has 0 unspecified atom stereocenters. The number of oxime groups is 1. The predicted octanol–water partition coefficient (Wildman–Crippen LogP) is 1.17. The van der Waals surface area contributed by atoms with Gasteiger partial charge in [-0.15, -0.1) is 0 Å². The van der Waals surface area contributed by atoms with Crippen LogP contribution >= 0.6 is 24.0 Å². The summed E-state index contributed by atoms with van der Waals surface area (Å²) in [4.78, 5) is 1.94. The molecule has 1 aliphatic rings. The minimum absolute atomic E-state index is 0.212. The van der Waals surface area contributed by atoms with Crippen molar-refractivity contribution in [1.82, 2.24) is 4.90 Å². The maximum absolute atomic E-state index is 8.39.